The Bertz CT molecular complexity index is 631. The summed E-state index contributed by atoms with van der Waals surface area (Å²) in [6.07, 6.45) is 1.73. The number of ketones is 1. The Hall–Kier alpha value is -2.20. The number of aromatic nitrogens is 1. The third-order valence-corrected chi connectivity index (χ3v) is 3.66. The second-order valence-corrected chi connectivity index (χ2v) is 5.17. The predicted octanol–water partition coefficient (Wildman–Crippen LogP) is 2.46. The van der Waals surface area contributed by atoms with Crippen molar-refractivity contribution >= 4 is 11.6 Å². The van der Waals surface area contributed by atoms with E-state index in [1.807, 2.05) is 43.3 Å². The molecule has 2 heterocycles. The second kappa shape index (κ2) is 6.06. The van der Waals surface area contributed by atoms with Gasteiger partial charge in [-0.15, -0.1) is 0 Å². The van der Waals surface area contributed by atoms with Gasteiger partial charge >= 0.3 is 0 Å². The van der Waals surface area contributed by atoms with Crippen LogP contribution in [0, 0.1) is 6.92 Å². The van der Waals surface area contributed by atoms with Crippen molar-refractivity contribution in [3.8, 4) is 0 Å². The molecule has 0 N–H and O–H groups in total. The molecule has 0 amide bonds. The number of morpholine rings is 1. The average Bonchev–Trinajstić information content (AvgIpc) is 2.56. The molecule has 1 saturated heterocycles. The SMILES string of the molecule is Cc1ccc(C(=O)c2cccnc2N2CCOCC2)cc1. The zero-order valence-corrected chi connectivity index (χ0v) is 12.1. The third kappa shape index (κ3) is 2.95. The molecule has 0 atom stereocenters. The van der Waals surface area contributed by atoms with Crippen molar-refractivity contribution in [2.24, 2.45) is 0 Å². The fourth-order valence-corrected chi connectivity index (χ4v) is 2.46. The number of ether oxygens (including phenoxy) is 1. The van der Waals surface area contributed by atoms with Crippen molar-refractivity contribution in [1.29, 1.82) is 0 Å². The van der Waals surface area contributed by atoms with E-state index in [4.69, 9.17) is 4.74 Å². The first-order valence-corrected chi connectivity index (χ1v) is 7.15. The maximum atomic E-state index is 12.7. The van der Waals surface area contributed by atoms with Crippen molar-refractivity contribution in [2.75, 3.05) is 31.2 Å². The van der Waals surface area contributed by atoms with Crippen molar-refractivity contribution in [1.82, 2.24) is 4.98 Å². The molecule has 1 aromatic carbocycles. The highest BCUT2D eigenvalue weighted by atomic mass is 16.5. The van der Waals surface area contributed by atoms with Crippen LogP contribution in [0.4, 0.5) is 5.82 Å². The molecule has 1 fully saturated rings. The Morgan fingerprint density at radius 3 is 2.57 bits per heavy atom. The quantitative estimate of drug-likeness (QED) is 0.811. The van der Waals surface area contributed by atoms with Gasteiger partial charge in [0.1, 0.15) is 5.82 Å². The summed E-state index contributed by atoms with van der Waals surface area (Å²) in [5, 5.41) is 0. The van der Waals surface area contributed by atoms with Gasteiger partial charge < -0.3 is 9.64 Å². The van der Waals surface area contributed by atoms with Gasteiger partial charge in [-0.2, -0.15) is 0 Å². The molecule has 0 unspecified atom stereocenters. The van der Waals surface area contributed by atoms with Crippen molar-refractivity contribution in [3.05, 3.63) is 59.3 Å². The average molecular weight is 282 g/mol. The number of pyridine rings is 1. The van der Waals surface area contributed by atoms with Gasteiger partial charge in [-0.3, -0.25) is 4.79 Å². The first kappa shape index (κ1) is 13.8. The maximum absolute atomic E-state index is 12.7. The molecule has 4 nitrogen and oxygen atoms in total. The Kier molecular flexibility index (Phi) is 3.97. The summed E-state index contributed by atoms with van der Waals surface area (Å²) in [6, 6.07) is 11.3. The van der Waals surface area contributed by atoms with Gasteiger partial charge in [-0.05, 0) is 19.1 Å². The highest BCUT2D eigenvalue weighted by Gasteiger charge is 2.20. The van der Waals surface area contributed by atoms with Gasteiger partial charge in [0.15, 0.2) is 5.78 Å². The molecule has 1 aliphatic rings. The van der Waals surface area contributed by atoms with Crippen molar-refractivity contribution in [2.45, 2.75) is 6.92 Å². The van der Waals surface area contributed by atoms with Gasteiger partial charge in [0.25, 0.3) is 0 Å². The summed E-state index contributed by atoms with van der Waals surface area (Å²) in [5.41, 5.74) is 2.50. The molecule has 0 spiro atoms. The summed E-state index contributed by atoms with van der Waals surface area (Å²) in [7, 11) is 0. The molecule has 108 valence electrons. The number of nitrogens with zero attached hydrogens (tertiary/aromatic N) is 2. The van der Waals surface area contributed by atoms with Gasteiger partial charge in [0, 0.05) is 24.8 Å². The van der Waals surface area contributed by atoms with Crippen LogP contribution in [0.5, 0.6) is 0 Å². The van der Waals surface area contributed by atoms with Gasteiger partial charge in [-0.1, -0.05) is 29.8 Å². The van der Waals surface area contributed by atoms with E-state index in [0.717, 1.165) is 24.5 Å². The van der Waals surface area contributed by atoms with Gasteiger partial charge in [0.05, 0.1) is 18.8 Å². The third-order valence-electron chi connectivity index (χ3n) is 3.66. The molecular weight excluding hydrogens is 264 g/mol. The second-order valence-electron chi connectivity index (χ2n) is 5.17. The topological polar surface area (TPSA) is 42.4 Å². The standard InChI is InChI=1S/C17H18N2O2/c1-13-4-6-14(7-5-13)16(20)15-3-2-8-18-17(15)19-9-11-21-12-10-19/h2-8H,9-12H2,1H3. The largest absolute Gasteiger partial charge is 0.378 e. The summed E-state index contributed by atoms with van der Waals surface area (Å²) < 4.78 is 5.36. The molecule has 2 aromatic rings. The summed E-state index contributed by atoms with van der Waals surface area (Å²) in [6.45, 7) is 4.90. The highest BCUT2D eigenvalue weighted by Crippen LogP contribution is 2.21. The lowest BCUT2D eigenvalue weighted by Gasteiger charge is -2.29. The van der Waals surface area contributed by atoms with E-state index in [1.54, 1.807) is 6.20 Å². The molecule has 0 saturated carbocycles. The van der Waals surface area contributed by atoms with Crippen LogP contribution in [-0.2, 0) is 4.74 Å². The molecule has 21 heavy (non-hydrogen) atoms. The van der Waals surface area contributed by atoms with E-state index in [-0.39, 0.29) is 5.78 Å². The van der Waals surface area contributed by atoms with E-state index >= 15 is 0 Å². The van der Waals surface area contributed by atoms with Crippen LogP contribution < -0.4 is 4.90 Å². The first-order chi connectivity index (χ1) is 10.3. The number of hydrogen-bond acceptors (Lipinski definition) is 4. The predicted molar refractivity (Wildman–Crippen MR) is 81.9 cm³/mol. The van der Waals surface area contributed by atoms with Crippen molar-refractivity contribution < 1.29 is 9.53 Å². The van der Waals surface area contributed by atoms with Gasteiger partial charge in [0.2, 0.25) is 0 Å². The lowest BCUT2D eigenvalue weighted by atomic mass is 10.0. The zero-order chi connectivity index (χ0) is 14.7. The Labute approximate surface area is 124 Å². The Morgan fingerprint density at radius 2 is 1.86 bits per heavy atom. The van der Waals surface area contributed by atoms with Crippen LogP contribution in [0.3, 0.4) is 0 Å². The zero-order valence-electron chi connectivity index (χ0n) is 12.1. The molecular formula is C17H18N2O2. The monoisotopic (exact) mass is 282 g/mol. The van der Waals surface area contributed by atoms with E-state index in [0.29, 0.717) is 24.3 Å². The molecule has 4 heteroatoms. The smallest absolute Gasteiger partial charge is 0.196 e. The van der Waals surface area contributed by atoms with E-state index in [9.17, 15) is 4.79 Å². The molecule has 0 aliphatic carbocycles. The first-order valence-electron chi connectivity index (χ1n) is 7.15. The summed E-state index contributed by atoms with van der Waals surface area (Å²) >= 11 is 0. The lowest BCUT2D eigenvalue weighted by Crippen LogP contribution is -2.37. The van der Waals surface area contributed by atoms with Crippen LogP contribution in [-0.4, -0.2) is 37.1 Å². The molecule has 0 radical (unpaired) electrons. The van der Waals surface area contributed by atoms with Crippen LogP contribution in [0.25, 0.3) is 0 Å². The summed E-state index contributed by atoms with van der Waals surface area (Å²) in [5.74, 6) is 0.774. The molecule has 3 rings (SSSR count). The fraction of sp³-hybridized carbons (Fsp3) is 0.294. The number of hydrogen-bond donors (Lipinski definition) is 0. The number of carbonyl (C=O) groups excluding carboxylic acids is 1. The fourth-order valence-electron chi connectivity index (χ4n) is 2.46. The number of aryl methyl sites for hydroxylation is 1. The number of anilines is 1. The Balaban J connectivity index is 1.94. The number of carbonyl (C=O) groups is 1. The minimum absolute atomic E-state index is 0.0181. The van der Waals surface area contributed by atoms with E-state index < -0.39 is 0 Å². The summed E-state index contributed by atoms with van der Waals surface area (Å²) in [4.78, 5) is 19.3. The number of rotatable bonds is 3. The van der Waals surface area contributed by atoms with Crippen LogP contribution in [0.15, 0.2) is 42.6 Å². The van der Waals surface area contributed by atoms with Gasteiger partial charge in [-0.25, -0.2) is 4.98 Å². The van der Waals surface area contributed by atoms with E-state index in [2.05, 4.69) is 9.88 Å². The normalized spacial score (nSPS) is 15.0. The Morgan fingerprint density at radius 1 is 1.14 bits per heavy atom. The van der Waals surface area contributed by atoms with Crippen LogP contribution in [0.2, 0.25) is 0 Å². The lowest BCUT2D eigenvalue weighted by molar-refractivity contribution is 0.103. The van der Waals surface area contributed by atoms with Crippen molar-refractivity contribution in [3.63, 3.8) is 0 Å². The molecule has 1 aromatic heterocycles. The number of benzene rings is 1. The molecule has 1 aliphatic heterocycles. The van der Waals surface area contributed by atoms with Crippen LogP contribution >= 0.6 is 0 Å². The van der Waals surface area contributed by atoms with E-state index in [1.165, 1.54) is 0 Å². The highest BCUT2D eigenvalue weighted by molar-refractivity contribution is 6.11. The molecule has 0 bridgehead atoms. The van der Waals surface area contributed by atoms with Crippen LogP contribution in [0.1, 0.15) is 21.5 Å². The maximum Gasteiger partial charge on any atom is 0.196 e. The minimum Gasteiger partial charge on any atom is -0.378 e. The minimum atomic E-state index is 0.0181.